The second-order valence-electron chi connectivity index (χ2n) is 14.4. The highest BCUT2D eigenvalue weighted by molar-refractivity contribution is 7.52. The molecule has 2 aliphatic rings. The molecule has 59 heavy (non-hydrogen) atoms. The van der Waals surface area contributed by atoms with Crippen LogP contribution in [0.4, 0.5) is 11.8 Å². The summed E-state index contributed by atoms with van der Waals surface area (Å²) in [4.78, 5) is 83.5. The van der Waals surface area contributed by atoms with Gasteiger partial charge < -0.3 is 28.9 Å². The molecule has 4 aromatic heterocycles. The SMILES string of the molecule is CC(C)C(=O)Nc1nc2c(ncn2[C@H]2CC[C@@H](CP(=O)(O)O[C@H]3C[C@H](n4cnc5c(NC(=O)c6ccccc6)ncnc54)O[C@@H]3COP(=O)(O)OCCC#N)C2)c(=O)[nH]1. The smallest absolute Gasteiger partial charge is 0.349 e. The molecule has 1 aliphatic heterocycles. The number of H-pyrrole nitrogens is 1. The lowest BCUT2D eigenvalue weighted by Crippen LogP contribution is -2.29. The fourth-order valence-electron chi connectivity index (χ4n) is 7.03. The number of phosphoric acid groups is 1. The van der Waals surface area contributed by atoms with E-state index in [1.807, 2.05) is 0 Å². The lowest BCUT2D eigenvalue weighted by molar-refractivity contribution is -0.118. The molecule has 5 N–H and O–H groups in total. The number of hydrogen-bond donors (Lipinski definition) is 5. The summed E-state index contributed by atoms with van der Waals surface area (Å²) in [6.07, 6.45) is 1.95. The number of nitrogens with one attached hydrogen (secondary N) is 3. The molecule has 22 nitrogen and oxygen atoms in total. The summed E-state index contributed by atoms with van der Waals surface area (Å²) in [5.41, 5.74) is 0.705. The van der Waals surface area contributed by atoms with Crippen molar-refractivity contribution in [1.29, 1.82) is 5.26 Å². The summed E-state index contributed by atoms with van der Waals surface area (Å²) < 4.78 is 51.8. The van der Waals surface area contributed by atoms with Crippen molar-refractivity contribution in [3.63, 3.8) is 0 Å². The third kappa shape index (κ3) is 9.81. The van der Waals surface area contributed by atoms with Gasteiger partial charge in [0.05, 0.1) is 50.6 Å². The van der Waals surface area contributed by atoms with Crippen LogP contribution < -0.4 is 16.2 Å². The molecule has 5 heterocycles. The minimum atomic E-state index is -4.66. The zero-order valence-corrected chi connectivity index (χ0v) is 33.6. The Bertz CT molecular complexity index is 2540. The molecule has 7 atom stereocenters. The van der Waals surface area contributed by atoms with Crippen molar-refractivity contribution in [1.82, 2.24) is 39.0 Å². The van der Waals surface area contributed by atoms with Gasteiger partial charge in [-0.05, 0) is 37.3 Å². The summed E-state index contributed by atoms with van der Waals surface area (Å²) in [5, 5.41) is 14.1. The van der Waals surface area contributed by atoms with Crippen molar-refractivity contribution in [3.05, 3.63) is 65.2 Å². The van der Waals surface area contributed by atoms with E-state index in [0.717, 1.165) is 0 Å². The molecule has 1 saturated carbocycles. The Morgan fingerprint density at radius 2 is 1.78 bits per heavy atom. The van der Waals surface area contributed by atoms with Crippen LogP contribution in [0.2, 0.25) is 0 Å². The number of benzene rings is 1. The molecule has 0 spiro atoms. The van der Waals surface area contributed by atoms with Crippen LogP contribution in [0.5, 0.6) is 0 Å². The minimum absolute atomic E-state index is 0.0148. The average Bonchev–Trinajstić information content (AvgIpc) is 4.00. The Labute approximate surface area is 335 Å². The number of nitrogens with zero attached hydrogens (tertiary/aromatic N) is 8. The van der Waals surface area contributed by atoms with Crippen molar-refractivity contribution >= 4 is 61.3 Å². The number of fused-ring (bicyclic) bond motifs is 2. The monoisotopic (exact) mass is 853 g/mol. The molecular weight excluding hydrogens is 812 g/mol. The molecule has 0 bridgehead atoms. The zero-order valence-electron chi connectivity index (χ0n) is 31.8. The Balaban J connectivity index is 1.06. The van der Waals surface area contributed by atoms with Gasteiger partial charge in [0.1, 0.15) is 18.7 Å². The van der Waals surface area contributed by atoms with Crippen molar-refractivity contribution in [3.8, 4) is 6.07 Å². The second-order valence-corrected chi connectivity index (χ2v) is 17.7. The van der Waals surface area contributed by atoms with Gasteiger partial charge in [0, 0.05) is 23.9 Å². The number of aromatic nitrogens is 8. The number of imidazole rings is 2. The predicted molar refractivity (Wildman–Crippen MR) is 208 cm³/mol. The van der Waals surface area contributed by atoms with E-state index in [4.69, 9.17) is 23.6 Å². The minimum Gasteiger partial charge on any atom is -0.349 e. The largest absolute Gasteiger partial charge is 0.472 e. The van der Waals surface area contributed by atoms with Crippen LogP contribution in [0.15, 0.2) is 54.1 Å². The molecule has 312 valence electrons. The normalized spacial score (nSPS) is 22.6. The van der Waals surface area contributed by atoms with E-state index < -0.39 is 51.9 Å². The summed E-state index contributed by atoms with van der Waals surface area (Å²) in [7, 11) is -9.05. The Hall–Kier alpha value is -5.23. The van der Waals surface area contributed by atoms with Gasteiger partial charge >= 0.3 is 15.4 Å². The average molecular weight is 854 g/mol. The molecule has 1 saturated heterocycles. The zero-order chi connectivity index (χ0) is 41.9. The summed E-state index contributed by atoms with van der Waals surface area (Å²) in [6, 6.07) is 10.1. The summed E-state index contributed by atoms with van der Waals surface area (Å²) in [6.45, 7) is 2.45. The van der Waals surface area contributed by atoms with E-state index in [1.54, 1.807) is 54.8 Å². The van der Waals surface area contributed by atoms with E-state index in [1.165, 1.54) is 23.5 Å². The molecule has 24 heteroatoms. The van der Waals surface area contributed by atoms with Gasteiger partial charge in [-0.3, -0.25) is 42.9 Å². The first-order valence-corrected chi connectivity index (χ1v) is 21.9. The third-order valence-corrected chi connectivity index (χ3v) is 12.4. The Morgan fingerprint density at radius 3 is 2.54 bits per heavy atom. The van der Waals surface area contributed by atoms with E-state index in [2.05, 4.69) is 40.5 Å². The quantitative estimate of drug-likeness (QED) is 0.0690. The van der Waals surface area contributed by atoms with Crippen LogP contribution in [0.1, 0.15) is 68.6 Å². The van der Waals surface area contributed by atoms with Gasteiger partial charge in [0.15, 0.2) is 28.1 Å². The maximum absolute atomic E-state index is 13.8. The molecule has 2 fully saturated rings. The fraction of sp³-hybridized carbons (Fsp3) is 0.457. The van der Waals surface area contributed by atoms with Crippen LogP contribution >= 0.6 is 15.4 Å². The number of ether oxygens (including phenoxy) is 1. The summed E-state index contributed by atoms with van der Waals surface area (Å²) in [5.74, 6) is -1.29. The standard InChI is InChI=1S/C35H41N11O11P2/c1-20(2)32(47)43-35-42-31-28(34(49)44-35)40-18-45(31)23-10-9-21(13-23)16-58(50,51)57-24-14-26(56-25(24)15-55-59(52,53)54-12-6-11-36)46-19-39-27-29(37-17-38-30(27)46)41-33(48)22-7-4-3-5-8-22/h3-5,7-8,17-21,23-26H,6,9-10,12-16H2,1-2H3,(H,50,51)(H,52,53)(H,37,38,41,48)(H2,42,43,44,47,49)/t21-,23+,24+,25-,26-/m1/s1. The Morgan fingerprint density at radius 1 is 1.02 bits per heavy atom. The van der Waals surface area contributed by atoms with Gasteiger partial charge in [-0.25, -0.2) is 24.5 Å². The number of anilines is 2. The van der Waals surface area contributed by atoms with E-state index in [0.29, 0.717) is 24.8 Å². The maximum atomic E-state index is 13.8. The van der Waals surface area contributed by atoms with Crippen LogP contribution in [-0.4, -0.2) is 92.2 Å². The van der Waals surface area contributed by atoms with Gasteiger partial charge in [-0.2, -0.15) is 10.2 Å². The first-order valence-electron chi connectivity index (χ1n) is 18.7. The Kier molecular flexibility index (Phi) is 12.5. The van der Waals surface area contributed by atoms with Crippen molar-refractivity contribution in [2.45, 2.75) is 70.4 Å². The topological polar surface area (TPSA) is 301 Å². The molecule has 7 rings (SSSR count). The number of amides is 2. The van der Waals surface area contributed by atoms with Crippen molar-refractivity contribution < 1.29 is 46.8 Å². The molecule has 2 unspecified atom stereocenters. The molecule has 1 aliphatic carbocycles. The number of rotatable bonds is 16. The van der Waals surface area contributed by atoms with Gasteiger partial charge in [-0.1, -0.05) is 32.0 Å². The number of hydrogen-bond acceptors (Lipinski definition) is 15. The lowest BCUT2D eigenvalue weighted by atomic mass is 10.1. The number of aromatic amines is 1. The molecule has 2 amide bonds. The predicted octanol–water partition coefficient (Wildman–Crippen LogP) is 4.05. The highest BCUT2D eigenvalue weighted by Gasteiger charge is 2.44. The van der Waals surface area contributed by atoms with Crippen LogP contribution in [0.3, 0.4) is 0 Å². The number of phosphoric ester groups is 1. The van der Waals surface area contributed by atoms with Crippen LogP contribution in [0.25, 0.3) is 22.3 Å². The lowest BCUT2D eigenvalue weighted by Gasteiger charge is -2.24. The second kappa shape index (κ2) is 17.6. The highest BCUT2D eigenvalue weighted by atomic mass is 31.2. The van der Waals surface area contributed by atoms with E-state index in [-0.39, 0.29) is 83.5 Å². The molecule has 0 radical (unpaired) electrons. The van der Waals surface area contributed by atoms with Gasteiger partial charge in [0.2, 0.25) is 11.9 Å². The molecular formula is C35H41N11O11P2. The molecule has 5 aromatic rings. The van der Waals surface area contributed by atoms with Gasteiger partial charge in [0.25, 0.3) is 11.5 Å². The van der Waals surface area contributed by atoms with Gasteiger partial charge in [-0.15, -0.1) is 0 Å². The summed E-state index contributed by atoms with van der Waals surface area (Å²) >= 11 is 0. The number of nitriles is 1. The fourth-order valence-corrected chi connectivity index (χ4v) is 9.48. The third-order valence-electron chi connectivity index (χ3n) is 9.88. The van der Waals surface area contributed by atoms with Crippen LogP contribution in [-0.2, 0) is 32.2 Å². The van der Waals surface area contributed by atoms with E-state index in [9.17, 15) is 33.3 Å². The van der Waals surface area contributed by atoms with E-state index >= 15 is 0 Å². The molecule has 1 aromatic carbocycles. The maximum Gasteiger partial charge on any atom is 0.472 e. The van der Waals surface area contributed by atoms with Crippen molar-refractivity contribution in [2.24, 2.45) is 11.8 Å². The van der Waals surface area contributed by atoms with Crippen molar-refractivity contribution in [2.75, 3.05) is 30.0 Å². The number of carbonyl (C=O) groups excluding carboxylic acids is 2. The first kappa shape index (κ1) is 41.9. The number of carbonyl (C=O) groups is 2. The first-order chi connectivity index (χ1) is 28.2. The van der Waals surface area contributed by atoms with Crippen LogP contribution in [0, 0.1) is 23.2 Å². The highest BCUT2D eigenvalue weighted by Crippen LogP contribution is 2.53.